The van der Waals surface area contributed by atoms with Crippen LogP contribution in [0.1, 0.15) is 21.0 Å². The highest BCUT2D eigenvalue weighted by molar-refractivity contribution is 6.36. The van der Waals surface area contributed by atoms with E-state index in [4.69, 9.17) is 23.2 Å². The Kier molecular flexibility index (Phi) is 5.73. The Hall–Kier alpha value is -2.90. The van der Waals surface area contributed by atoms with Crippen molar-refractivity contribution >= 4 is 45.9 Å². The first-order valence-corrected chi connectivity index (χ1v) is 8.72. The number of amides is 2. The number of aromatic nitrogens is 2. The maximum atomic E-state index is 12.2. The van der Waals surface area contributed by atoms with Crippen molar-refractivity contribution in [1.82, 2.24) is 20.6 Å². The summed E-state index contributed by atoms with van der Waals surface area (Å²) in [5, 5.41) is 6.29. The second-order valence-corrected chi connectivity index (χ2v) is 6.41. The van der Waals surface area contributed by atoms with Crippen LogP contribution in [-0.4, -0.2) is 34.9 Å². The fraction of sp³-hybridized carbons (Fsp3) is 0.111. The second kappa shape index (κ2) is 8.20. The van der Waals surface area contributed by atoms with Crippen LogP contribution in [0.4, 0.5) is 0 Å². The first kappa shape index (κ1) is 18.9. The minimum absolute atomic E-state index is 0.0919. The van der Waals surface area contributed by atoms with Crippen LogP contribution in [0.2, 0.25) is 10.0 Å². The Bertz CT molecular complexity index is 1080. The molecule has 0 unspecified atom stereocenters. The summed E-state index contributed by atoms with van der Waals surface area (Å²) in [5.41, 5.74) is 0.321. The molecule has 27 heavy (non-hydrogen) atoms. The molecule has 0 radical (unpaired) electrons. The number of para-hydroxylation sites is 1. The van der Waals surface area contributed by atoms with E-state index in [1.807, 2.05) is 0 Å². The zero-order valence-electron chi connectivity index (χ0n) is 13.9. The molecular formula is C18H14Cl2N4O3. The number of hydrogen-bond acceptors (Lipinski definition) is 4. The molecule has 0 aliphatic carbocycles. The smallest absolute Gasteiger partial charge is 0.287 e. The standard InChI is InChI=1S/C18H14Cl2N4O3/c19-10-5-6-11(13(20)9-10)16(25)21-7-8-22-18(27)15-23-14-4-2-1-3-12(14)17(26)24-15/h1-6,9H,7-8H2,(H,21,25)(H,22,27)(H,23,24,26). The molecule has 2 amide bonds. The van der Waals surface area contributed by atoms with Crippen molar-refractivity contribution in [3.05, 3.63) is 74.3 Å². The molecule has 3 rings (SSSR count). The van der Waals surface area contributed by atoms with Gasteiger partial charge in [-0.15, -0.1) is 0 Å². The molecule has 7 nitrogen and oxygen atoms in total. The van der Waals surface area contributed by atoms with Crippen molar-refractivity contribution < 1.29 is 9.59 Å². The van der Waals surface area contributed by atoms with Gasteiger partial charge in [-0.3, -0.25) is 14.4 Å². The Morgan fingerprint density at radius 2 is 1.70 bits per heavy atom. The van der Waals surface area contributed by atoms with Crippen molar-refractivity contribution in [1.29, 1.82) is 0 Å². The lowest BCUT2D eigenvalue weighted by Gasteiger charge is -2.08. The van der Waals surface area contributed by atoms with Crippen LogP contribution in [-0.2, 0) is 0 Å². The van der Waals surface area contributed by atoms with E-state index in [2.05, 4.69) is 20.6 Å². The van der Waals surface area contributed by atoms with E-state index in [1.54, 1.807) is 30.3 Å². The van der Waals surface area contributed by atoms with Gasteiger partial charge in [0.05, 0.1) is 21.5 Å². The summed E-state index contributed by atoms with van der Waals surface area (Å²) < 4.78 is 0. The van der Waals surface area contributed by atoms with Gasteiger partial charge in [-0.05, 0) is 30.3 Å². The highest BCUT2D eigenvalue weighted by Crippen LogP contribution is 2.20. The molecular weight excluding hydrogens is 391 g/mol. The molecule has 0 fully saturated rings. The van der Waals surface area contributed by atoms with Crippen LogP contribution in [0.3, 0.4) is 0 Å². The Morgan fingerprint density at radius 3 is 2.44 bits per heavy atom. The van der Waals surface area contributed by atoms with Gasteiger partial charge in [0.15, 0.2) is 5.82 Å². The van der Waals surface area contributed by atoms with Gasteiger partial charge in [-0.2, -0.15) is 0 Å². The normalized spacial score (nSPS) is 10.6. The quantitative estimate of drug-likeness (QED) is 0.567. The van der Waals surface area contributed by atoms with Crippen LogP contribution < -0.4 is 16.2 Å². The molecule has 138 valence electrons. The molecule has 9 heteroatoms. The predicted molar refractivity (Wildman–Crippen MR) is 103 cm³/mol. The monoisotopic (exact) mass is 404 g/mol. The molecule has 3 aromatic rings. The van der Waals surface area contributed by atoms with Crippen molar-refractivity contribution in [3.8, 4) is 0 Å². The number of aromatic amines is 1. The van der Waals surface area contributed by atoms with E-state index in [9.17, 15) is 14.4 Å². The number of carbonyl (C=O) groups is 2. The molecule has 0 saturated heterocycles. The number of nitrogens with one attached hydrogen (secondary N) is 3. The van der Waals surface area contributed by atoms with E-state index < -0.39 is 11.5 Å². The second-order valence-electron chi connectivity index (χ2n) is 5.57. The molecule has 0 atom stereocenters. The summed E-state index contributed by atoms with van der Waals surface area (Å²) in [5.74, 6) is -1.02. The molecule has 2 aromatic carbocycles. The van der Waals surface area contributed by atoms with Gasteiger partial charge in [0.1, 0.15) is 0 Å². The third kappa shape index (κ3) is 4.45. The van der Waals surface area contributed by atoms with Crippen molar-refractivity contribution in [2.45, 2.75) is 0 Å². The third-order valence-corrected chi connectivity index (χ3v) is 4.25. The minimum Gasteiger partial charge on any atom is -0.350 e. The molecule has 0 aliphatic heterocycles. The minimum atomic E-state index is -0.545. The summed E-state index contributed by atoms with van der Waals surface area (Å²) in [6.45, 7) is 0.313. The lowest BCUT2D eigenvalue weighted by molar-refractivity contribution is 0.0922. The average molecular weight is 405 g/mol. The summed E-state index contributed by atoms with van der Waals surface area (Å²) >= 11 is 11.8. The molecule has 0 spiro atoms. The topological polar surface area (TPSA) is 104 Å². The molecule has 0 aliphatic rings. The highest BCUT2D eigenvalue weighted by Gasteiger charge is 2.12. The van der Waals surface area contributed by atoms with Crippen LogP contribution in [0.25, 0.3) is 10.9 Å². The number of fused-ring (bicyclic) bond motifs is 1. The number of benzene rings is 2. The van der Waals surface area contributed by atoms with Crippen LogP contribution in [0.5, 0.6) is 0 Å². The maximum absolute atomic E-state index is 12.2. The van der Waals surface area contributed by atoms with Crippen LogP contribution in [0, 0.1) is 0 Å². The summed E-state index contributed by atoms with van der Waals surface area (Å²) in [7, 11) is 0. The number of carbonyl (C=O) groups excluding carboxylic acids is 2. The average Bonchev–Trinajstić information content (AvgIpc) is 2.64. The largest absolute Gasteiger partial charge is 0.350 e. The molecule has 1 aromatic heterocycles. The van der Waals surface area contributed by atoms with E-state index in [-0.39, 0.29) is 35.4 Å². The highest BCUT2D eigenvalue weighted by atomic mass is 35.5. The van der Waals surface area contributed by atoms with Gasteiger partial charge in [0.25, 0.3) is 17.4 Å². The Labute approximate surface area is 163 Å². The van der Waals surface area contributed by atoms with E-state index in [0.29, 0.717) is 15.9 Å². The Balaban J connectivity index is 1.57. The van der Waals surface area contributed by atoms with Crippen molar-refractivity contribution in [2.24, 2.45) is 0 Å². The van der Waals surface area contributed by atoms with Crippen LogP contribution >= 0.6 is 23.2 Å². The van der Waals surface area contributed by atoms with Gasteiger partial charge in [0.2, 0.25) is 0 Å². The number of nitrogens with zero attached hydrogens (tertiary/aromatic N) is 1. The molecule has 3 N–H and O–H groups in total. The molecule has 0 saturated carbocycles. The fourth-order valence-corrected chi connectivity index (χ4v) is 2.89. The van der Waals surface area contributed by atoms with Gasteiger partial charge >= 0.3 is 0 Å². The fourth-order valence-electron chi connectivity index (χ4n) is 2.40. The van der Waals surface area contributed by atoms with Gasteiger partial charge in [-0.25, -0.2) is 4.98 Å². The molecule has 0 bridgehead atoms. The lowest BCUT2D eigenvalue weighted by Crippen LogP contribution is -2.36. The predicted octanol–water partition coefficient (Wildman–Crippen LogP) is 2.39. The van der Waals surface area contributed by atoms with Gasteiger partial charge in [-0.1, -0.05) is 35.3 Å². The lowest BCUT2D eigenvalue weighted by atomic mass is 10.2. The maximum Gasteiger partial charge on any atom is 0.287 e. The van der Waals surface area contributed by atoms with E-state index in [1.165, 1.54) is 12.1 Å². The number of hydrogen-bond donors (Lipinski definition) is 3. The SMILES string of the molecule is O=C(NCCNC(=O)c1ccc(Cl)cc1Cl)c1nc2ccccc2c(=O)[nH]1. The molecule has 1 heterocycles. The van der Waals surface area contributed by atoms with E-state index >= 15 is 0 Å². The van der Waals surface area contributed by atoms with Crippen molar-refractivity contribution in [2.75, 3.05) is 13.1 Å². The Morgan fingerprint density at radius 1 is 1.00 bits per heavy atom. The zero-order valence-corrected chi connectivity index (χ0v) is 15.4. The van der Waals surface area contributed by atoms with Crippen molar-refractivity contribution in [3.63, 3.8) is 0 Å². The van der Waals surface area contributed by atoms with Gasteiger partial charge < -0.3 is 15.6 Å². The summed E-state index contributed by atoms with van der Waals surface area (Å²) in [4.78, 5) is 42.8. The van der Waals surface area contributed by atoms with Gasteiger partial charge in [0, 0.05) is 18.1 Å². The summed E-state index contributed by atoms with van der Waals surface area (Å²) in [6, 6.07) is 11.3. The van der Waals surface area contributed by atoms with Crippen LogP contribution in [0.15, 0.2) is 47.3 Å². The zero-order chi connectivity index (χ0) is 19.4. The number of H-pyrrole nitrogens is 1. The van der Waals surface area contributed by atoms with E-state index in [0.717, 1.165) is 0 Å². The number of rotatable bonds is 5. The summed E-state index contributed by atoms with van der Waals surface area (Å²) in [6.07, 6.45) is 0. The first-order valence-electron chi connectivity index (χ1n) is 7.96. The third-order valence-electron chi connectivity index (χ3n) is 3.70. The number of halogens is 2. The first-order chi connectivity index (χ1) is 13.0.